The van der Waals surface area contributed by atoms with E-state index < -0.39 is 0 Å². The molecule has 1 N–H and O–H groups in total. The van der Waals surface area contributed by atoms with Gasteiger partial charge in [-0.3, -0.25) is 4.68 Å². The molecule has 0 aliphatic heterocycles. The topological polar surface area (TPSA) is 29.9 Å². The summed E-state index contributed by atoms with van der Waals surface area (Å²) in [6, 6.07) is 12.5. The summed E-state index contributed by atoms with van der Waals surface area (Å²) in [7, 11) is 1.98. The summed E-state index contributed by atoms with van der Waals surface area (Å²) in [5.74, 6) is 0.523. The van der Waals surface area contributed by atoms with Crippen LogP contribution in [0.3, 0.4) is 0 Å². The highest BCUT2D eigenvalue weighted by molar-refractivity contribution is 6.18. The van der Waals surface area contributed by atoms with Gasteiger partial charge in [-0.15, -0.1) is 11.6 Å². The summed E-state index contributed by atoms with van der Waals surface area (Å²) in [5.41, 5.74) is 3.26. The molecule has 0 fully saturated rings. The van der Waals surface area contributed by atoms with Crippen LogP contribution < -0.4 is 5.32 Å². The van der Waals surface area contributed by atoms with Crippen molar-refractivity contribution in [3.8, 4) is 0 Å². The van der Waals surface area contributed by atoms with Crippen molar-refractivity contribution in [2.75, 3.05) is 5.88 Å². The van der Waals surface area contributed by atoms with Crippen LogP contribution in [0.15, 0.2) is 36.4 Å². The van der Waals surface area contributed by atoms with Gasteiger partial charge in [0.25, 0.3) is 0 Å². The van der Waals surface area contributed by atoms with E-state index in [1.54, 1.807) is 0 Å². The third-order valence-electron chi connectivity index (χ3n) is 3.73. The number of alkyl halides is 1. The lowest BCUT2D eigenvalue weighted by molar-refractivity contribution is 0.399. The van der Waals surface area contributed by atoms with E-state index in [2.05, 4.69) is 42.5 Å². The Labute approximate surface area is 126 Å². The number of aryl methyl sites for hydroxylation is 2. The van der Waals surface area contributed by atoms with E-state index >= 15 is 0 Å². The summed E-state index contributed by atoms with van der Waals surface area (Å²) in [6.45, 7) is 5.00. The van der Waals surface area contributed by atoms with Crippen LogP contribution in [-0.4, -0.2) is 15.7 Å². The minimum absolute atomic E-state index is 0.237. The largest absolute Gasteiger partial charge is 0.301 e. The summed E-state index contributed by atoms with van der Waals surface area (Å²) < 4.78 is 1.94. The van der Waals surface area contributed by atoms with Crippen molar-refractivity contribution < 1.29 is 0 Å². The molecule has 1 atom stereocenters. The Morgan fingerprint density at radius 2 is 2.00 bits per heavy atom. The molecule has 0 aliphatic carbocycles. The van der Waals surface area contributed by atoms with Crippen LogP contribution in [0.5, 0.6) is 0 Å². The molecule has 1 aromatic heterocycles. The van der Waals surface area contributed by atoms with Gasteiger partial charge in [0.15, 0.2) is 0 Å². The van der Waals surface area contributed by atoms with Gasteiger partial charge >= 0.3 is 0 Å². The van der Waals surface area contributed by atoms with Crippen molar-refractivity contribution in [2.24, 2.45) is 7.05 Å². The highest BCUT2D eigenvalue weighted by Gasteiger charge is 2.25. The average molecular weight is 292 g/mol. The standard InChI is InChI=1S/C16H22ClN3/c1-4-14-10-15(20(3)19-14)11-18-16(2,12-17)13-8-6-5-7-9-13/h5-10,18H,4,11-12H2,1-3H3. The fourth-order valence-electron chi connectivity index (χ4n) is 2.23. The van der Waals surface area contributed by atoms with Crippen molar-refractivity contribution in [1.29, 1.82) is 0 Å². The predicted molar refractivity (Wildman–Crippen MR) is 83.9 cm³/mol. The first-order valence-corrected chi connectivity index (χ1v) is 7.51. The molecule has 108 valence electrons. The monoisotopic (exact) mass is 291 g/mol. The molecule has 0 saturated heterocycles. The number of nitrogens with zero attached hydrogens (tertiary/aromatic N) is 2. The third-order valence-corrected chi connectivity index (χ3v) is 4.26. The molecule has 4 heteroatoms. The fraction of sp³-hybridized carbons (Fsp3) is 0.438. The molecular formula is C16H22ClN3. The minimum Gasteiger partial charge on any atom is -0.301 e. The quantitative estimate of drug-likeness (QED) is 0.828. The van der Waals surface area contributed by atoms with Gasteiger partial charge in [0.1, 0.15) is 0 Å². The molecule has 0 spiro atoms. The van der Waals surface area contributed by atoms with E-state index in [1.807, 2.05) is 29.9 Å². The van der Waals surface area contributed by atoms with Gasteiger partial charge in [0.2, 0.25) is 0 Å². The fourth-order valence-corrected chi connectivity index (χ4v) is 2.48. The van der Waals surface area contributed by atoms with E-state index in [9.17, 15) is 0 Å². The maximum atomic E-state index is 6.20. The van der Waals surface area contributed by atoms with Gasteiger partial charge in [0.05, 0.1) is 16.9 Å². The average Bonchev–Trinajstić information content (AvgIpc) is 2.86. The zero-order valence-electron chi connectivity index (χ0n) is 12.4. The Morgan fingerprint density at radius 1 is 1.30 bits per heavy atom. The first kappa shape index (κ1) is 15.1. The van der Waals surface area contributed by atoms with Crippen LogP contribution in [0.25, 0.3) is 0 Å². The molecule has 20 heavy (non-hydrogen) atoms. The molecule has 2 aromatic rings. The van der Waals surface area contributed by atoms with Gasteiger partial charge in [-0.25, -0.2) is 0 Å². The normalized spacial score (nSPS) is 14.2. The highest BCUT2D eigenvalue weighted by Crippen LogP contribution is 2.22. The van der Waals surface area contributed by atoms with Crippen LogP contribution in [-0.2, 0) is 25.6 Å². The van der Waals surface area contributed by atoms with Crippen LogP contribution in [0.4, 0.5) is 0 Å². The van der Waals surface area contributed by atoms with E-state index in [4.69, 9.17) is 11.6 Å². The molecule has 0 bridgehead atoms. The number of rotatable bonds is 6. The van der Waals surface area contributed by atoms with E-state index in [0.717, 1.165) is 18.7 Å². The highest BCUT2D eigenvalue weighted by atomic mass is 35.5. The Balaban J connectivity index is 2.12. The molecule has 1 aromatic carbocycles. The summed E-state index contributed by atoms with van der Waals surface area (Å²) in [4.78, 5) is 0. The molecular weight excluding hydrogens is 270 g/mol. The molecule has 1 unspecified atom stereocenters. The third kappa shape index (κ3) is 3.22. The van der Waals surface area contributed by atoms with E-state index in [-0.39, 0.29) is 5.54 Å². The smallest absolute Gasteiger partial charge is 0.0625 e. The Bertz CT molecular complexity index is 550. The molecule has 0 aliphatic rings. The van der Waals surface area contributed by atoms with Crippen molar-refractivity contribution in [3.05, 3.63) is 53.3 Å². The predicted octanol–water partition coefficient (Wildman–Crippen LogP) is 3.23. The summed E-state index contributed by atoms with van der Waals surface area (Å²) in [5, 5.41) is 8.04. The lowest BCUT2D eigenvalue weighted by atomic mass is 9.94. The zero-order valence-corrected chi connectivity index (χ0v) is 13.1. The van der Waals surface area contributed by atoms with Crippen LogP contribution in [0.2, 0.25) is 0 Å². The molecule has 3 nitrogen and oxygen atoms in total. The second-order valence-corrected chi connectivity index (χ2v) is 5.56. The van der Waals surface area contributed by atoms with E-state index in [0.29, 0.717) is 5.88 Å². The Morgan fingerprint density at radius 3 is 2.55 bits per heavy atom. The van der Waals surface area contributed by atoms with Gasteiger partial charge in [-0.2, -0.15) is 5.10 Å². The molecule has 0 radical (unpaired) electrons. The van der Waals surface area contributed by atoms with Crippen LogP contribution in [0, 0.1) is 0 Å². The zero-order chi connectivity index (χ0) is 14.6. The molecule has 0 saturated carbocycles. The number of aromatic nitrogens is 2. The minimum atomic E-state index is -0.237. The van der Waals surface area contributed by atoms with Crippen LogP contribution in [0.1, 0.15) is 30.8 Å². The molecule has 1 heterocycles. The SMILES string of the molecule is CCc1cc(CNC(C)(CCl)c2ccccc2)n(C)n1. The number of benzene rings is 1. The number of nitrogens with one attached hydrogen (secondary N) is 1. The lowest BCUT2D eigenvalue weighted by Crippen LogP contribution is -2.41. The summed E-state index contributed by atoms with van der Waals surface area (Å²) in [6.07, 6.45) is 0.958. The van der Waals surface area contributed by atoms with Crippen molar-refractivity contribution in [2.45, 2.75) is 32.4 Å². The first-order chi connectivity index (χ1) is 9.59. The molecule has 0 amide bonds. The summed E-state index contributed by atoms with van der Waals surface area (Å²) >= 11 is 6.20. The number of halogens is 1. The maximum Gasteiger partial charge on any atom is 0.0625 e. The second-order valence-electron chi connectivity index (χ2n) is 5.29. The lowest BCUT2D eigenvalue weighted by Gasteiger charge is -2.29. The van der Waals surface area contributed by atoms with E-state index in [1.165, 1.54) is 11.3 Å². The van der Waals surface area contributed by atoms with Gasteiger partial charge < -0.3 is 5.32 Å². The molecule has 2 rings (SSSR count). The Hall–Kier alpha value is -1.32. The first-order valence-electron chi connectivity index (χ1n) is 6.97. The number of hydrogen-bond donors (Lipinski definition) is 1. The van der Waals surface area contributed by atoms with Crippen LogP contribution >= 0.6 is 11.6 Å². The van der Waals surface area contributed by atoms with Crippen molar-refractivity contribution >= 4 is 11.6 Å². The van der Waals surface area contributed by atoms with Gasteiger partial charge in [-0.05, 0) is 25.0 Å². The van der Waals surface area contributed by atoms with Crippen molar-refractivity contribution in [3.63, 3.8) is 0 Å². The maximum absolute atomic E-state index is 6.20. The Kier molecular flexibility index (Phi) is 4.84. The van der Waals surface area contributed by atoms with Gasteiger partial charge in [-0.1, -0.05) is 37.3 Å². The number of hydrogen-bond acceptors (Lipinski definition) is 2. The second kappa shape index (κ2) is 6.42. The van der Waals surface area contributed by atoms with Crippen molar-refractivity contribution in [1.82, 2.24) is 15.1 Å². The van der Waals surface area contributed by atoms with Gasteiger partial charge in [0, 0.05) is 19.5 Å².